The van der Waals surface area contributed by atoms with E-state index in [0.29, 0.717) is 5.69 Å². The maximum absolute atomic E-state index is 5.91. The molecule has 0 aliphatic carbocycles. The van der Waals surface area contributed by atoms with Gasteiger partial charge in [0.05, 0.1) is 11.8 Å². The highest BCUT2D eigenvalue weighted by molar-refractivity contribution is 7.07. The first kappa shape index (κ1) is 13.7. The van der Waals surface area contributed by atoms with Gasteiger partial charge in [0.15, 0.2) is 0 Å². The van der Waals surface area contributed by atoms with E-state index in [1.165, 1.54) is 5.56 Å². The fraction of sp³-hybridized carbons (Fsp3) is 0.333. The number of hydrogen-bond acceptors (Lipinski definition) is 4. The minimum absolute atomic E-state index is 0.117. The zero-order chi connectivity index (χ0) is 13.8. The lowest BCUT2D eigenvalue weighted by molar-refractivity contribution is 0.244. The van der Waals surface area contributed by atoms with E-state index in [2.05, 4.69) is 29.1 Å². The summed E-state index contributed by atoms with van der Waals surface area (Å²) in [6.45, 7) is 6.13. The van der Waals surface area contributed by atoms with Crippen LogP contribution in [0, 0.1) is 0 Å². The predicted molar refractivity (Wildman–Crippen MR) is 83.0 cm³/mol. The van der Waals surface area contributed by atoms with Gasteiger partial charge in [-0.2, -0.15) is 11.3 Å². The van der Waals surface area contributed by atoms with E-state index in [1.807, 2.05) is 32.0 Å². The molecule has 4 heteroatoms. The van der Waals surface area contributed by atoms with Crippen molar-refractivity contribution in [3.63, 3.8) is 0 Å². The van der Waals surface area contributed by atoms with Crippen LogP contribution < -0.4 is 15.8 Å². The summed E-state index contributed by atoms with van der Waals surface area (Å²) in [4.78, 5) is 0. The standard InChI is InChI=1S/C15H20N2OS/c1-10(2)18-15-8-13(4-5-14(15)16)17-11(3)12-6-7-19-9-12/h4-11,17H,16H2,1-3H3. The Labute approximate surface area is 118 Å². The maximum atomic E-state index is 5.91. The molecule has 1 heterocycles. The van der Waals surface area contributed by atoms with Crippen LogP contribution in [0.5, 0.6) is 5.75 Å². The molecule has 3 nitrogen and oxygen atoms in total. The Kier molecular flexibility index (Phi) is 4.32. The van der Waals surface area contributed by atoms with Crippen LogP contribution >= 0.6 is 11.3 Å². The molecule has 0 aliphatic heterocycles. The minimum atomic E-state index is 0.117. The van der Waals surface area contributed by atoms with Crippen LogP contribution in [-0.4, -0.2) is 6.10 Å². The largest absolute Gasteiger partial charge is 0.489 e. The first-order valence-electron chi connectivity index (χ1n) is 6.41. The zero-order valence-corrected chi connectivity index (χ0v) is 12.3. The molecule has 0 fully saturated rings. The van der Waals surface area contributed by atoms with Gasteiger partial charge in [-0.3, -0.25) is 0 Å². The molecule has 1 unspecified atom stereocenters. The molecule has 1 aromatic heterocycles. The molecule has 2 rings (SSSR count). The van der Waals surface area contributed by atoms with Gasteiger partial charge in [0.1, 0.15) is 5.75 Å². The van der Waals surface area contributed by atoms with Crippen molar-refractivity contribution in [2.45, 2.75) is 32.9 Å². The predicted octanol–water partition coefficient (Wildman–Crippen LogP) is 4.29. The van der Waals surface area contributed by atoms with Crippen LogP contribution in [0.4, 0.5) is 11.4 Å². The fourth-order valence-corrected chi connectivity index (χ4v) is 2.59. The second-order valence-corrected chi connectivity index (χ2v) is 5.62. The topological polar surface area (TPSA) is 47.3 Å². The van der Waals surface area contributed by atoms with Gasteiger partial charge in [0, 0.05) is 17.8 Å². The number of anilines is 2. The van der Waals surface area contributed by atoms with E-state index in [0.717, 1.165) is 11.4 Å². The Balaban J connectivity index is 2.12. The Morgan fingerprint density at radius 2 is 2.00 bits per heavy atom. The third-order valence-corrected chi connectivity index (χ3v) is 3.50. The summed E-state index contributed by atoms with van der Waals surface area (Å²) in [6, 6.07) is 8.21. The normalized spacial score (nSPS) is 12.4. The number of hydrogen-bond donors (Lipinski definition) is 2. The van der Waals surface area contributed by atoms with Crippen LogP contribution in [0.15, 0.2) is 35.0 Å². The van der Waals surface area contributed by atoms with Gasteiger partial charge in [0.2, 0.25) is 0 Å². The van der Waals surface area contributed by atoms with E-state index in [4.69, 9.17) is 10.5 Å². The second kappa shape index (κ2) is 5.97. The molecule has 1 aromatic carbocycles. The summed E-state index contributed by atoms with van der Waals surface area (Å²) in [7, 11) is 0. The molecule has 0 aliphatic rings. The molecule has 0 saturated carbocycles. The molecule has 1 atom stereocenters. The van der Waals surface area contributed by atoms with Crippen molar-refractivity contribution in [1.82, 2.24) is 0 Å². The third-order valence-electron chi connectivity index (χ3n) is 2.80. The Hall–Kier alpha value is -1.68. The quantitative estimate of drug-likeness (QED) is 0.801. The summed E-state index contributed by atoms with van der Waals surface area (Å²) in [5, 5.41) is 7.70. The molecule has 0 bridgehead atoms. The van der Waals surface area contributed by atoms with Crippen LogP contribution in [0.2, 0.25) is 0 Å². The summed E-state index contributed by atoms with van der Waals surface area (Å²) in [5.74, 6) is 0.734. The van der Waals surface area contributed by atoms with Crippen LogP contribution in [0.3, 0.4) is 0 Å². The summed E-state index contributed by atoms with van der Waals surface area (Å²) < 4.78 is 5.69. The van der Waals surface area contributed by atoms with E-state index >= 15 is 0 Å². The van der Waals surface area contributed by atoms with Crippen molar-refractivity contribution in [2.24, 2.45) is 0 Å². The summed E-state index contributed by atoms with van der Waals surface area (Å²) in [5.41, 5.74) is 8.88. The Morgan fingerprint density at radius 3 is 2.63 bits per heavy atom. The van der Waals surface area contributed by atoms with Crippen molar-refractivity contribution < 1.29 is 4.74 Å². The van der Waals surface area contributed by atoms with Crippen molar-refractivity contribution >= 4 is 22.7 Å². The SMILES string of the molecule is CC(C)Oc1cc(NC(C)c2ccsc2)ccc1N. The minimum Gasteiger partial charge on any atom is -0.489 e. The number of nitrogens with two attached hydrogens (primary N) is 1. The Bertz CT molecular complexity index is 523. The molecular weight excluding hydrogens is 256 g/mol. The average Bonchev–Trinajstić information content (AvgIpc) is 2.86. The van der Waals surface area contributed by atoms with Crippen molar-refractivity contribution in [2.75, 3.05) is 11.1 Å². The van der Waals surface area contributed by atoms with Gasteiger partial charge >= 0.3 is 0 Å². The lowest BCUT2D eigenvalue weighted by Crippen LogP contribution is -2.09. The monoisotopic (exact) mass is 276 g/mol. The molecule has 0 amide bonds. The number of thiophene rings is 1. The average molecular weight is 276 g/mol. The van der Waals surface area contributed by atoms with Gasteiger partial charge < -0.3 is 15.8 Å². The van der Waals surface area contributed by atoms with Crippen LogP contribution in [0.1, 0.15) is 32.4 Å². The lowest BCUT2D eigenvalue weighted by atomic mass is 10.1. The van der Waals surface area contributed by atoms with Crippen molar-refractivity contribution in [3.05, 3.63) is 40.6 Å². The van der Waals surface area contributed by atoms with E-state index in [-0.39, 0.29) is 12.1 Å². The van der Waals surface area contributed by atoms with E-state index in [1.54, 1.807) is 11.3 Å². The third kappa shape index (κ3) is 3.64. The van der Waals surface area contributed by atoms with Crippen molar-refractivity contribution in [1.29, 1.82) is 0 Å². The maximum Gasteiger partial charge on any atom is 0.144 e. The number of nitrogens with one attached hydrogen (secondary N) is 1. The number of nitrogen functional groups attached to an aromatic ring is 1. The zero-order valence-electron chi connectivity index (χ0n) is 11.5. The van der Waals surface area contributed by atoms with Gasteiger partial charge in [-0.1, -0.05) is 0 Å². The fourth-order valence-electron chi connectivity index (χ4n) is 1.83. The summed E-state index contributed by atoms with van der Waals surface area (Å²) >= 11 is 1.71. The molecule has 19 heavy (non-hydrogen) atoms. The highest BCUT2D eigenvalue weighted by atomic mass is 32.1. The molecule has 3 N–H and O–H groups in total. The first-order valence-corrected chi connectivity index (χ1v) is 7.35. The van der Waals surface area contributed by atoms with Gasteiger partial charge in [-0.15, -0.1) is 0 Å². The van der Waals surface area contributed by atoms with E-state index < -0.39 is 0 Å². The van der Waals surface area contributed by atoms with E-state index in [9.17, 15) is 0 Å². The molecule has 0 radical (unpaired) electrons. The highest BCUT2D eigenvalue weighted by Crippen LogP contribution is 2.29. The van der Waals surface area contributed by atoms with Crippen LogP contribution in [-0.2, 0) is 0 Å². The van der Waals surface area contributed by atoms with Gasteiger partial charge in [-0.05, 0) is 55.3 Å². The molecule has 0 saturated heterocycles. The molecular formula is C15H20N2OS. The van der Waals surface area contributed by atoms with Gasteiger partial charge in [0.25, 0.3) is 0 Å². The Morgan fingerprint density at radius 1 is 1.21 bits per heavy atom. The highest BCUT2D eigenvalue weighted by Gasteiger charge is 2.08. The summed E-state index contributed by atoms with van der Waals surface area (Å²) in [6.07, 6.45) is 0.117. The van der Waals surface area contributed by atoms with Gasteiger partial charge in [-0.25, -0.2) is 0 Å². The molecule has 2 aromatic rings. The smallest absolute Gasteiger partial charge is 0.144 e. The van der Waals surface area contributed by atoms with Crippen LogP contribution in [0.25, 0.3) is 0 Å². The molecule has 0 spiro atoms. The number of ether oxygens (including phenoxy) is 1. The lowest BCUT2D eigenvalue weighted by Gasteiger charge is -2.17. The second-order valence-electron chi connectivity index (χ2n) is 4.84. The first-order chi connectivity index (χ1) is 9.06. The molecule has 102 valence electrons. The number of rotatable bonds is 5. The van der Waals surface area contributed by atoms with Crippen molar-refractivity contribution in [3.8, 4) is 5.75 Å². The number of benzene rings is 1.